The molecule has 0 fully saturated rings. The first kappa shape index (κ1) is 34.2. The van der Waals surface area contributed by atoms with Gasteiger partial charge < -0.3 is 80.2 Å². The highest BCUT2D eigenvalue weighted by atomic mass is 16.6. The number of phenols is 6. The second-order valence-electron chi connectivity index (χ2n) is 9.14. The van der Waals surface area contributed by atoms with Gasteiger partial charge in [0.1, 0.15) is 12.7 Å². The number of carbonyl (C=O) groups excluding carboxylic acids is 4. The number of hydrogen-bond donors (Lipinski definition) is 12. The number of cyclic esters (lactones) is 2. The molecule has 248 valence electrons. The van der Waals surface area contributed by atoms with E-state index in [0.29, 0.717) is 0 Å². The zero-order valence-corrected chi connectivity index (χ0v) is 22.7. The molecule has 2 heterocycles. The van der Waals surface area contributed by atoms with Gasteiger partial charge in [0.2, 0.25) is 17.6 Å². The Kier molecular flexibility index (Phi) is 10.1. The predicted molar refractivity (Wildman–Crippen MR) is 140 cm³/mol. The van der Waals surface area contributed by atoms with Crippen LogP contribution in [0.25, 0.3) is 0 Å². The van der Waals surface area contributed by atoms with Crippen molar-refractivity contribution in [1.82, 2.24) is 0 Å². The minimum absolute atomic E-state index is 0.323. The zero-order chi connectivity index (χ0) is 34.6. The van der Waals surface area contributed by atoms with Crippen molar-refractivity contribution in [3.63, 3.8) is 0 Å². The van der Waals surface area contributed by atoms with Crippen LogP contribution in [0.3, 0.4) is 0 Å². The normalized spacial score (nSPS) is 18.7. The van der Waals surface area contributed by atoms with Crippen LogP contribution in [0.4, 0.5) is 0 Å². The van der Waals surface area contributed by atoms with Crippen LogP contribution >= 0.6 is 0 Å². The van der Waals surface area contributed by atoms with Gasteiger partial charge in [-0.15, -0.1) is 0 Å². The van der Waals surface area contributed by atoms with Gasteiger partial charge in [-0.2, -0.15) is 0 Å². The Morgan fingerprint density at radius 2 is 1.07 bits per heavy atom. The molecular weight excluding hydrogens is 632 g/mol. The van der Waals surface area contributed by atoms with Gasteiger partial charge in [0, 0.05) is 0 Å². The summed E-state index contributed by atoms with van der Waals surface area (Å²) in [6.45, 7) is -1.59. The van der Waals surface area contributed by atoms with Crippen LogP contribution in [0.2, 0.25) is 0 Å². The Morgan fingerprint density at radius 3 is 1.43 bits per heavy atom. The number of aromatic hydroxyl groups is 6. The van der Waals surface area contributed by atoms with E-state index in [1.165, 1.54) is 0 Å². The van der Waals surface area contributed by atoms with Crippen molar-refractivity contribution in [3.05, 3.63) is 58.4 Å². The molecule has 0 aromatic heterocycles. The molecule has 46 heavy (non-hydrogen) atoms. The summed E-state index contributed by atoms with van der Waals surface area (Å²) in [5.74, 6) is -13.4. The predicted octanol–water partition coefficient (Wildman–Crippen LogP) is -0.852. The lowest BCUT2D eigenvalue weighted by Gasteiger charge is -2.20. The zero-order valence-electron chi connectivity index (χ0n) is 22.7. The fourth-order valence-electron chi connectivity index (χ4n) is 3.62. The molecule has 0 spiro atoms. The van der Waals surface area contributed by atoms with Crippen molar-refractivity contribution in [3.8, 4) is 34.5 Å². The molecule has 4 atom stereocenters. The van der Waals surface area contributed by atoms with Crippen LogP contribution in [-0.4, -0.2) is 123 Å². The van der Waals surface area contributed by atoms with Gasteiger partial charge >= 0.3 is 23.9 Å². The number of hydrogen-bond acceptors (Lipinski definition) is 20. The maximum atomic E-state index is 11.9. The summed E-state index contributed by atoms with van der Waals surface area (Å²) in [6, 6.07) is 3.23. The summed E-state index contributed by atoms with van der Waals surface area (Å²) in [5, 5.41) is 112. The van der Waals surface area contributed by atoms with E-state index >= 15 is 0 Å². The lowest BCUT2D eigenvalue weighted by molar-refractivity contribution is -0.148. The molecule has 20 heteroatoms. The molecule has 2 aliphatic heterocycles. The molecule has 0 radical (unpaired) electrons. The monoisotopic (exact) mass is 656 g/mol. The second-order valence-corrected chi connectivity index (χ2v) is 9.14. The average Bonchev–Trinajstić information content (AvgIpc) is 3.43. The highest BCUT2D eigenvalue weighted by Crippen LogP contribution is 2.37. The van der Waals surface area contributed by atoms with Gasteiger partial charge in [-0.25, -0.2) is 19.2 Å². The number of rotatable bonds is 8. The van der Waals surface area contributed by atoms with E-state index in [1.54, 1.807) is 0 Å². The summed E-state index contributed by atoms with van der Waals surface area (Å²) in [6.07, 6.45) is -6.39. The first-order valence-corrected chi connectivity index (χ1v) is 12.3. The largest absolute Gasteiger partial charge is 0.505 e. The highest BCUT2D eigenvalue weighted by Gasteiger charge is 2.42. The van der Waals surface area contributed by atoms with Gasteiger partial charge in [0.25, 0.3) is 0 Å². The Labute approximate surface area is 254 Å². The van der Waals surface area contributed by atoms with Crippen molar-refractivity contribution in [2.24, 2.45) is 0 Å². The Balaban J connectivity index is 0.000000250. The molecule has 20 nitrogen and oxygen atoms in total. The number of benzene rings is 2. The van der Waals surface area contributed by atoms with Crippen molar-refractivity contribution < 1.29 is 99.4 Å². The SMILES string of the molecule is O=C1OC(C(CO)OC(=O)c2cc(O)c(O)c(O)c2)C(O)=C1O.O=C1OC(C(O)COC(=O)c2cc(O)c(O)c(O)c2)C(O)=C1O. The van der Waals surface area contributed by atoms with Crippen LogP contribution in [0.1, 0.15) is 20.7 Å². The van der Waals surface area contributed by atoms with Gasteiger partial charge in [-0.3, -0.25) is 0 Å². The van der Waals surface area contributed by atoms with E-state index in [4.69, 9.17) is 14.9 Å². The number of aliphatic hydroxyl groups excluding tert-OH is 6. The number of phenolic OH excluding ortho intramolecular Hbond substituents is 6. The van der Waals surface area contributed by atoms with Gasteiger partial charge in [-0.05, 0) is 24.3 Å². The van der Waals surface area contributed by atoms with Gasteiger partial charge in [-0.1, -0.05) is 0 Å². The highest BCUT2D eigenvalue weighted by molar-refractivity contribution is 5.92. The molecule has 0 aliphatic carbocycles. The Bertz CT molecular complexity index is 1580. The molecule has 2 aromatic rings. The molecular formula is C26H24O20. The third-order valence-electron chi connectivity index (χ3n) is 6.00. The van der Waals surface area contributed by atoms with Gasteiger partial charge in [0.15, 0.2) is 58.2 Å². The first-order valence-electron chi connectivity index (χ1n) is 12.3. The van der Waals surface area contributed by atoms with E-state index in [9.17, 15) is 70.2 Å². The molecule has 12 N–H and O–H groups in total. The van der Waals surface area contributed by atoms with E-state index in [-0.39, 0.29) is 11.1 Å². The number of ether oxygens (including phenoxy) is 4. The van der Waals surface area contributed by atoms with Crippen LogP contribution in [0.15, 0.2) is 47.3 Å². The van der Waals surface area contributed by atoms with Crippen LogP contribution in [-0.2, 0) is 28.5 Å². The number of carbonyl (C=O) groups is 4. The van der Waals surface area contributed by atoms with Crippen molar-refractivity contribution in [1.29, 1.82) is 0 Å². The maximum absolute atomic E-state index is 11.9. The minimum Gasteiger partial charge on any atom is -0.505 e. The van der Waals surface area contributed by atoms with Crippen molar-refractivity contribution in [2.45, 2.75) is 24.4 Å². The average molecular weight is 656 g/mol. The molecule has 4 unspecified atom stereocenters. The minimum atomic E-state index is -1.66. The molecule has 0 bridgehead atoms. The molecule has 2 aromatic carbocycles. The molecule has 0 saturated heterocycles. The third-order valence-corrected chi connectivity index (χ3v) is 6.00. The molecule has 0 saturated carbocycles. The van der Waals surface area contributed by atoms with Crippen LogP contribution < -0.4 is 0 Å². The van der Waals surface area contributed by atoms with E-state index < -0.39 is 119 Å². The van der Waals surface area contributed by atoms with Crippen LogP contribution in [0, 0.1) is 0 Å². The lowest BCUT2D eigenvalue weighted by atomic mass is 10.1. The summed E-state index contributed by atoms with van der Waals surface area (Å²) < 4.78 is 18.5. The second kappa shape index (κ2) is 13.6. The third kappa shape index (κ3) is 7.09. The fourth-order valence-corrected chi connectivity index (χ4v) is 3.62. The molecule has 0 amide bonds. The van der Waals surface area contributed by atoms with Crippen molar-refractivity contribution >= 4 is 23.9 Å². The maximum Gasteiger partial charge on any atom is 0.378 e. The fraction of sp³-hybridized carbons (Fsp3) is 0.231. The lowest BCUT2D eigenvalue weighted by Crippen LogP contribution is -2.36. The number of esters is 4. The quantitative estimate of drug-likeness (QED) is 0.0934. The standard InChI is InChI=1S/2C13H12O10/c14-5-1-4(2-6(15)8(5)17)12(20)22-3-7(16)11-9(18)10(19)13(21)23-11;14-3-7(11-9(18)10(19)13(21)23-11)22-12(20)4-1-5(15)8(17)6(16)2-4/h2*1-2,7,11,14-19H,3H2. The summed E-state index contributed by atoms with van der Waals surface area (Å²) in [5.41, 5.74) is -0.704. The summed E-state index contributed by atoms with van der Waals surface area (Å²) in [4.78, 5) is 45.7. The van der Waals surface area contributed by atoms with E-state index in [2.05, 4.69) is 14.2 Å². The topological polar surface area (TPSA) is 348 Å². The number of aliphatic hydroxyl groups is 6. The summed E-state index contributed by atoms with van der Waals surface area (Å²) in [7, 11) is 0. The Morgan fingerprint density at radius 1 is 0.674 bits per heavy atom. The van der Waals surface area contributed by atoms with E-state index in [1.807, 2.05) is 0 Å². The van der Waals surface area contributed by atoms with Gasteiger partial charge in [0.05, 0.1) is 17.7 Å². The van der Waals surface area contributed by atoms with Crippen molar-refractivity contribution in [2.75, 3.05) is 13.2 Å². The molecule has 2 aliphatic rings. The first-order chi connectivity index (χ1) is 21.5. The van der Waals surface area contributed by atoms with Crippen LogP contribution in [0.5, 0.6) is 34.5 Å². The van der Waals surface area contributed by atoms with E-state index in [0.717, 1.165) is 24.3 Å². The Hall–Kier alpha value is -6.28. The summed E-state index contributed by atoms with van der Waals surface area (Å²) >= 11 is 0. The molecule has 4 rings (SSSR count). The smallest absolute Gasteiger partial charge is 0.378 e.